The zero-order valence-electron chi connectivity index (χ0n) is 10.7. The van der Waals surface area contributed by atoms with Crippen molar-refractivity contribution < 1.29 is 4.79 Å². The van der Waals surface area contributed by atoms with E-state index in [2.05, 4.69) is 18.7 Å². The van der Waals surface area contributed by atoms with Crippen molar-refractivity contribution >= 4 is 29.1 Å². The van der Waals surface area contributed by atoms with E-state index < -0.39 is 0 Å². The predicted molar refractivity (Wildman–Crippen MR) is 78.7 cm³/mol. The van der Waals surface area contributed by atoms with Gasteiger partial charge in [0.1, 0.15) is 0 Å². The number of hydrogen-bond acceptors (Lipinski definition) is 3. The van der Waals surface area contributed by atoms with Gasteiger partial charge < -0.3 is 0 Å². The van der Waals surface area contributed by atoms with Crippen LogP contribution in [0.3, 0.4) is 0 Å². The first-order valence-electron chi connectivity index (χ1n) is 6.21. The second kappa shape index (κ2) is 6.09. The lowest BCUT2D eigenvalue weighted by molar-refractivity contribution is 0.0930. The molecule has 98 valence electrons. The van der Waals surface area contributed by atoms with Crippen LogP contribution >= 0.6 is 23.4 Å². The maximum Gasteiger partial charge on any atom is 0.176 e. The zero-order valence-corrected chi connectivity index (χ0v) is 12.3. The molecule has 1 saturated heterocycles. The normalized spacial score (nSPS) is 25.1. The van der Waals surface area contributed by atoms with Crippen LogP contribution in [0, 0.1) is 0 Å². The Labute approximate surface area is 118 Å². The number of carbonyl (C=O) groups is 1. The summed E-state index contributed by atoms with van der Waals surface area (Å²) in [6.07, 6.45) is 0. The Morgan fingerprint density at radius 2 is 2.06 bits per heavy atom. The van der Waals surface area contributed by atoms with E-state index >= 15 is 0 Å². The van der Waals surface area contributed by atoms with Gasteiger partial charge in [0.05, 0.1) is 6.54 Å². The quantitative estimate of drug-likeness (QED) is 0.794. The van der Waals surface area contributed by atoms with Crippen molar-refractivity contribution in [1.82, 2.24) is 4.90 Å². The minimum atomic E-state index is 0.156. The molecule has 2 unspecified atom stereocenters. The fourth-order valence-electron chi connectivity index (χ4n) is 2.37. The highest BCUT2D eigenvalue weighted by atomic mass is 35.5. The van der Waals surface area contributed by atoms with Gasteiger partial charge in [-0.25, -0.2) is 0 Å². The lowest BCUT2D eigenvalue weighted by Crippen LogP contribution is -2.42. The van der Waals surface area contributed by atoms with E-state index in [9.17, 15) is 4.79 Å². The summed E-state index contributed by atoms with van der Waals surface area (Å²) in [5.41, 5.74) is 0.709. The molecule has 1 fully saturated rings. The number of ketones is 1. The largest absolute Gasteiger partial charge is 0.294 e. The standard InChI is InChI=1S/C14H18ClNOS/c1-10-7-16(8-11(2)18-10)9-14(17)12-4-3-5-13(15)6-12/h3-6,10-11H,7-9H2,1-2H3. The summed E-state index contributed by atoms with van der Waals surface area (Å²) in [5.74, 6) is 0.156. The first-order chi connectivity index (χ1) is 8.54. The number of benzene rings is 1. The Hall–Kier alpha value is -0.510. The maximum absolute atomic E-state index is 12.2. The van der Waals surface area contributed by atoms with Crippen molar-refractivity contribution in [2.45, 2.75) is 24.3 Å². The van der Waals surface area contributed by atoms with Crippen molar-refractivity contribution in [2.75, 3.05) is 19.6 Å². The predicted octanol–water partition coefficient (Wildman–Crippen LogP) is 3.35. The van der Waals surface area contributed by atoms with Gasteiger partial charge in [-0.05, 0) is 12.1 Å². The summed E-state index contributed by atoms with van der Waals surface area (Å²) in [6, 6.07) is 7.20. The van der Waals surface area contributed by atoms with Crippen molar-refractivity contribution in [2.24, 2.45) is 0 Å². The highest BCUT2D eigenvalue weighted by Crippen LogP contribution is 2.24. The molecule has 1 heterocycles. The van der Waals surface area contributed by atoms with Gasteiger partial charge in [-0.3, -0.25) is 9.69 Å². The second-order valence-electron chi connectivity index (χ2n) is 4.88. The Balaban J connectivity index is 1.99. The number of halogens is 1. The molecule has 0 spiro atoms. The number of nitrogens with zero attached hydrogens (tertiary/aromatic N) is 1. The van der Waals surface area contributed by atoms with Crippen molar-refractivity contribution in [3.63, 3.8) is 0 Å². The number of rotatable bonds is 3. The average molecular weight is 284 g/mol. The molecule has 0 radical (unpaired) electrons. The first-order valence-corrected chi connectivity index (χ1v) is 7.53. The van der Waals surface area contributed by atoms with E-state index in [-0.39, 0.29) is 5.78 Å². The lowest BCUT2D eigenvalue weighted by Gasteiger charge is -2.34. The smallest absolute Gasteiger partial charge is 0.176 e. The second-order valence-corrected chi connectivity index (χ2v) is 7.20. The molecule has 0 amide bonds. The highest BCUT2D eigenvalue weighted by molar-refractivity contribution is 8.00. The molecule has 1 aliphatic heterocycles. The van der Waals surface area contributed by atoms with Gasteiger partial charge in [0.2, 0.25) is 0 Å². The lowest BCUT2D eigenvalue weighted by atomic mass is 10.1. The summed E-state index contributed by atoms with van der Waals surface area (Å²) < 4.78 is 0. The average Bonchev–Trinajstić information content (AvgIpc) is 2.27. The van der Waals surface area contributed by atoms with E-state index in [4.69, 9.17) is 11.6 Å². The highest BCUT2D eigenvalue weighted by Gasteiger charge is 2.23. The van der Waals surface area contributed by atoms with Crippen LogP contribution < -0.4 is 0 Å². The van der Waals surface area contributed by atoms with E-state index in [0.717, 1.165) is 13.1 Å². The Bertz CT molecular complexity index is 428. The van der Waals surface area contributed by atoms with Crippen LogP contribution in [0.4, 0.5) is 0 Å². The summed E-state index contributed by atoms with van der Waals surface area (Å²) in [7, 11) is 0. The van der Waals surface area contributed by atoms with E-state index in [0.29, 0.717) is 27.6 Å². The molecule has 2 atom stereocenters. The molecule has 0 aromatic heterocycles. The Morgan fingerprint density at radius 1 is 1.39 bits per heavy atom. The molecule has 0 bridgehead atoms. The van der Waals surface area contributed by atoms with Crippen LogP contribution in [0.15, 0.2) is 24.3 Å². The molecule has 1 aromatic rings. The van der Waals surface area contributed by atoms with Gasteiger partial charge in [0, 0.05) is 34.2 Å². The summed E-state index contributed by atoms with van der Waals surface area (Å²) >= 11 is 7.91. The Kier molecular flexibility index (Phi) is 4.71. The molecule has 4 heteroatoms. The number of carbonyl (C=O) groups excluding carboxylic acids is 1. The molecule has 2 nitrogen and oxygen atoms in total. The summed E-state index contributed by atoms with van der Waals surface area (Å²) in [5, 5.41) is 1.82. The van der Waals surface area contributed by atoms with Gasteiger partial charge in [-0.1, -0.05) is 37.6 Å². The van der Waals surface area contributed by atoms with Gasteiger partial charge >= 0.3 is 0 Å². The molecule has 1 aromatic carbocycles. The van der Waals surface area contributed by atoms with E-state index in [1.54, 1.807) is 12.1 Å². The van der Waals surface area contributed by atoms with Crippen molar-refractivity contribution in [3.8, 4) is 0 Å². The molecule has 0 saturated carbocycles. The molecular formula is C14H18ClNOS. The Morgan fingerprint density at radius 3 is 2.67 bits per heavy atom. The molecule has 2 rings (SSSR count). The van der Waals surface area contributed by atoms with Crippen LogP contribution in [0.25, 0.3) is 0 Å². The van der Waals surface area contributed by atoms with Crippen LogP contribution in [0.2, 0.25) is 5.02 Å². The fraction of sp³-hybridized carbons (Fsp3) is 0.500. The molecule has 1 aliphatic rings. The van der Waals surface area contributed by atoms with Gasteiger partial charge in [-0.15, -0.1) is 0 Å². The van der Waals surface area contributed by atoms with E-state index in [1.165, 1.54) is 0 Å². The third kappa shape index (κ3) is 3.74. The monoisotopic (exact) mass is 283 g/mol. The maximum atomic E-state index is 12.2. The number of hydrogen-bond donors (Lipinski definition) is 0. The van der Waals surface area contributed by atoms with Crippen molar-refractivity contribution in [1.29, 1.82) is 0 Å². The van der Waals surface area contributed by atoms with Crippen LogP contribution in [0.1, 0.15) is 24.2 Å². The third-order valence-electron chi connectivity index (χ3n) is 3.01. The van der Waals surface area contributed by atoms with Crippen LogP contribution in [-0.4, -0.2) is 40.8 Å². The first kappa shape index (κ1) is 13.9. The number of Topliss-reactive ketones (excluding diaryl/α,β-unsaturated/α-hetero) is 1. The zero-order chi connectivity index (χ0) is 13.1. The third-order valence-corrected chi connectivity index (χ3v) is 4.47. The van der Waals surface area contributed by atoms with E-state index in [1.807, 2.05) is 23.9 Å². The summed E-state index contributed by atoms with van der Waals surface area (Å²) in [6.45, 7) is 6.91. The van der Waals surface area contributed by atoms with Crippen molar-refractivity contribution in [3.05, 3.63) is 34.9 Å². The minimum Gasteiger partial charge on any atom is -0.294 e. The van der Waals surface area contributed by atoms with Gasteiger partial charge in [-0.2, -0.15) is 11.8 Å². The van der Waals surface area contributed by atoms with Crippen LogP contribution in [-0.2, 0) is 0 Å². The minimum absolute atomic E-state index is 0.156. The van der Waals surface area contributed by atoms with Gasteiger partial charge in [0.25, 0.3) is 0 Å². The molecule has 18 heavy (non-hydrogen) atoms. The fourth-order valence-corrected chi connectivity index (χ4v) is 3.95. The summed E-state index contributed by atoms with van der Waals surface area (Å²) in [4.78, 5) is 14.4. The molecule has 0 aliphatic carbocycles. The topological polar surface area (TPSA) is 20.3 Å². The SMILES string of the molecule is CC1CN(CC(=O)c2cccc(Cl)c2)CC(C)S1. The molecule has 0 N–H and O–H groups in total. The van der Waals surface area contributed by atoms with Crippen LogP contribution in [0.5, 0.6) is 0 Å². The molecular weight excluding hydrogens is 266 g/mol. The number of thioether (sulfide) groups is 1. The van der Waals surface area contributed by atoms with Gasteiger partial charge in [0.15, 0.2) is 5.78 Å².